The number of aromatic nitrogens is 2. The Labute approximate surface area is 164 Å². The van der Waals surface area contributed by atoms with E-state index < -0.39 is 0 Å². The van der Waals surface area contributed by atoms with Crippen molar-refractivity contribution in [2.24, 2.45) is 0 Å². The zero-order chi connectivity index (χ0) is 19.9. The molecule has 1 N–H and O–H groups in total. The Morgan fingerprint density at radius 3 is 2.57 bits per heavy atom. The smallest absolute Gasteiger partial charge is 0.262 e. The van der Waals surface area contributed by atoms with Crippen molar-refractivity contribution >= 4 is 11.6 Å². The quantitative estimate of drug-likeness (QED) is 0.645. The largest absolute Gasteiger partial charge is 0.483 e. The van der Waals surface area contributed by atoms with E-state index in [-0.39, 0.29) is 12.5 Å². The molecule has 1 heterocycles. The lowest BCUT2D eigenvalue weighted by atomic mass is 10.0. The van der Waals surface area contributed by atoms with Crippen LogP contribution in [0.3, 0.4) is 0 Å². The van der Waals surface area contributed by atoms with Gasteiger partial charge in [0.05, 0.1) is 6.20 Å². The number of nitrogens with one attached hydrogen (secondary N) is 1. The molecule has 6 nitrogen and oxygen atoms in total. The molecule has 0 radical (unpaired) electrons. The highest BCUT2D eigenvalue weighted by Gasteiger charge is 2.08. The molecule has 6 heteroatoms. The van der Waals surface area contributed by atoms with Crippen molar-refractivity contribution in [3.05, 3.63) is 72.2 Å². The van der Waals surface area contributed by atoms with E-state index in [4.69, 9.17) is 9.47 Å². The van der Waals surface area contributed by atoms with Gasteiger partial charge >= 0.3 is 0 Å². The second kappa shape index (κ2) is 8.99. The molecule has 2 aromatic carbocycles. The van der Waals surface area contributed by atoms with Crippen molar-refractivity contribution in [2.75, 3.05) is 11.9 Å². The lowest BCUT2D eigenvalue weighted by Crippen LogP contribution is -2.20. The van der Waals surface area contributed by atoms with Crippen LogP contribution in [0, 0.1) is 6.92 Å². The fraction of sp³-hybridized carbons (Fsp3) is 0.227. The van der Waals surface area contributed by atoms with Gasteiger partial charge in [-0.2, -0.15) is 0 Å². The molecule has 0 atom stereocenters. The van der Waals surface area contributed by atoms with E-state index in [9.17, 15) is 4.79 Å². The summed E-state index contributed by atoms with van der Waals surface area (Å²) >= 11 is 0. The van der Waals surface area contributed by atoms with E-state index in [1.54, 1.807) is 36.7 Å². The maximum Gasteiger partial charge on any atom is 0.262 e. The maximum absolute atomic E-state index is 12.2. The fourth-order valence-corrected chi connectivity index (χ4v) is 2.54. The van der Waals surface area contributed by atoms with Gasteiger partial charge in [-0.25, -0.2) is 4.98 Å². The molecule has 0 aliphatic carbocycles. The van der Waals surface area contributed by atoms with Crippen LogP contribution in [-0.4, -0.2) is 22.5 Å². The minimum absolute atomic E-state index is 0.0553. The molecule has 1 aromatic heterocycles. The molecule has 0 saturated carbocycles. The zero-order valence-corrected chi connectivity index (χ0v) is 16.2. The van der Waals surface area contributed by atoms with Crippen molar-refractivity contribution in [2.45, 2.75) is 26.7 Å². The van der Waals surface area contributed by atoms with Crippen LogP contribution >= 0.6 is 0 Å². The standard InChI is InChI=1S/C22H23N3O3/c1-15(2)17-5-4-16(3)20(12-17)27-14-21(26)25-18-6-8-19(9-7-18)28-22-13-23-10-11-24-22/h4-13,15H,14H2,1-3H3,(H,25,26). The highest BCUT2D eigenvalue weighted by Crippen LogP contribution is 2.24. The Morgan fingerprint density at radius 2 is 1.89 bits per heavy atom. The summed E-state index contributed by atoms with van der Waals surface area (Å²) in [5, 5.41) is 2.81. The van der Waals surface area contributed by atoms with Crippen molar-refractivity contribution in [3.8, 4) is 17.4 Å². The van der Waals surface area contributed by atoms with Gasteiger partial charge in [0.1, 0.15) is 11.5 Å². The molecule has 144 valence electrons. The van der Waals surface area contributed by atoms with Crippen LogP contribution in [0.15, 0.2) is 61.1 Å². The fourth-order valence-electron chi connectivity index (χ4n) is 2.54. The van der Waals surface area contributed by atoms with Crippen LogP contribution in [0.4, 0.5) is 5.69 Å². The Balaban J connectivity index is 1.54. The van der Waals surface area contributed by atoms with Crippen molar-refractivity contribution in [1.29, 1.82) is 0 Å². The SMILES string of the molecule is Cc1ccc(C(C)C)cc1OCC(=O)Nc1ccc(Oc2cnccn2)cc1. The molecule has 1 amide bonds. The summed E-state index contributed by atoms with van der Waals surface area (Å²) in [7, 11) is 0. The van der Waals surface area contributed by atoms with Gasteiger partial charge in [-0.1, -0.05) is 26.0 Å². The van der Waals surface area contributed by atoms with E-state index >= 15 is 0 Å². The molecule has 0 aliphatic heterocycles. The highest BCUT2D eigenvalue weighted by molar-refractivity contribution is 5.91. The number of carbonyl (C=O) groups is 1. The van der Waals surface area contributed by atoms with Gasteiger partial charge in [-0.05, 0) is 54.3 Å². The van der Waals surface area contributed by atoms with Gasteiger partial charge in [0.15, 0.2) is 6.61 Å². The Morgan fingerprint density at radius 1 is 1.11 bits per heavy atom. The number of ether oxygens (including phenoxy) is 2. The van der Waals surface area contributed by atoms with E-state index in [0.29, 0.717) is 23.2 Å². The molecule has 3 rings (SSSR count). The van der Waals surface area contributed by atoms with Gasteiger partial charge in [-0.3, -0.25) is 9.78 Å². The normalized spacial score (nSPS) is 10.6. The zero-order valence-electron chi connectivity index (χ0n) is 16.2. The summed E-state index contributed by atoms with van der Waals surface area (Å²) in [5.41, 5.74) is 2.84. The number of hydrogen-bond donors (Lipinski definition) is 1. The summed E-state index contributed by atoms with van der Waals surface area (Å²) in [6, 6.07) is 13.1. The summed E-state index contributed by atoms with van der Waals surface area (Å²) in [4.78, 5) is 20.2. The van der Waals surface area contributed by atoms with Crippen LogP contribution in [-0.2, 0) is 4.79 Å². The molecule has 0 aliphatic rings. The third kappa shape index (κ3) is 5.30. The number of aryl methyl sites for hydroxylation is 1. The minimum atomic E-state index is -0.225. The summed E-state index contributed by atoms with van der Waals surface area (Å²) in [5.74, 6) is 1.92. The van der Waals surface area contributed by atoms with Gasteiger partial charge in [0, 0.05) is 18.1 Å². The molecule has 28 heavy (non-hydrogen) atoms. The number of amides is 1. The van der Waals surface area contributed by atoms with Crippen LogP contribution in [0.5, 0.6) is 17.4 Å². The van der Waals surface area contributed by atoms with Crippen LogP contribution < -0.4 is 14.8 Å². The first-order valence-corrected chi connectivity index (χ1v) is 9.08. The number of hydrogen-bond acceptors (Lipinski definition) is 5. The van der Waals surface area contributed by atoms with E-state index in [0.717, 1.165) is 11.3 Å². The summed E-state index contributed by atoms with van der Waals surface area (Å²) < 4.78 is 11.3. The predicted molar refractivity (Wildman–Crippen MR) is 108 cm³/mol. The summed E-state index contributed by atoms with van der Waals surface area (Å²) in [6.07, 6.45) is 4.67. The van der Waals surface area contributed by atoms with Crippen LogP contribution in [0.1, 0.15) is 30.9 Å². The molecule has 0 saturated heterocycles. The molecule has 0 fully saturated rings. The van der Waals surface area contributed by atoms with Crippen molar-refractivity contribution in [1.82, 2.24) is 9.97 Å². The average molecular weight is 377 g/mol. The number of nitrogens with zero attached hydrogens (tertiary/aromatic N) is 2. The molecule has 0 bridgehead atoms. The monoisotopic (exact) mass is 377 g/mol. The van der Waals surface area contributed by atoms with E-state index in [1.165, 1.54) is 11.8 Å². The third-order valence-corrected chi connectivity index (χ3v) is 4.14. The Hall–Kier alpha value is -3.41. The first-order chi connectivity index (χ1) is 13.5. The van der Waals surface area contributed by atoms with Gasteiger partial charge < -0.3 is 14.8 Å². The topological polar surface area (TPSA) is 73.3 Å². The Kier molecular flexibility index (Phi) is 6.22. The number of benzene rings is 2. The number of anilines is 1. The molecule has 0 unspecified atom stereocenters. The molecule has 3 aromatic rings. The second-order valence-corrected chi connectivity index (χ2v) is 6.69. The number of carbonyl (C=O) groups excluding carboxylic acids is 1. The van der Waals surface area contributed by atoms with E-state index in [1.807, 2.05) is 19.1 Å². The maximum atomic E-state index is 12.2. The van der Waals surface area contributed by atoms with Crippen molar-refractivity contribution in [3.63, 3.8) is 0 Å². The van der Waals surface area contributed by atoms with Crippen LogP contribution in [0.25, 0.3) is 0 Å². The lowest BCUT2D eigenvalue weighted by Gasteiger charge is -2.13. The predicted octanol–water partition coefficient (Wildman–Crippen LogP) is 4.72. The van der Waals surface area contributed by atoms with E-state index in [2.05, 4.69) is 35.2 Å². The first-order valence-electron chi connectivity index (χ1n) is 9.08. The van der Waals surface area contributed by atoms with Crippen LogP contribution in [0.2, 0.25) is 0 Å². The second-order valence-electron chi connectivity index (χ2n) is 6.69. The van der Waals surface area contributed by atoms with Gasteiger partial charge in [0.25, 0.3) is 5.91 Å². The van der Waals surface area contributed by atoms with Crippen molar-refractivity contribution < 1.29 is 14.3 Å². The first kappa shape index (κ1) is 19.4. The molecule has 0 spiro atoms. The lowest BCUT2D eigenvalue weighted by molar-refractivity contribution is -0.118. The van der Waals surface area contributed by atoms with Gasteiger partial charge in [-0.15, -0.1) is 0 Å². The minimum Gasteiger partial charge on any atom is -0.483 e. The summed E-state index contributed by atoms with van der Waals surface area (Å²) in [6.45, 7) is 6.16. The highest BCUT2D eigenvalue weighted by atomic mass is 16.5. The third-order valence-electron chi connectivity index (χ3n) is 4.14. The van der Waals surface area contributed by atoms with Gasteiger partial charge in [0.2, 0.25) is 5.88 Å². The Bertz CT molecular complexity index is 926. The molecular weight excluding hydrogens is 354 g/mol. The number of rotatable bonds is 7. The average Bonchev–Trinajstić information content (AvgIpc) is 2.69. The molecular formula is C22H23N3O3.